The Morgan fingerprint density at radius 1 is 1.55 bits per heavy atom. The number of rotatable bonds is 5. The highest BCUT2D eigenvalue weighted by atomic mass is 16.5. The van der Waals surface area contributed by atoms with Crippen LogP contribution in [-0.2, 0) is 11.3 Å². The van der Waals surface area contributed by atoms with Crippen LogP contribution in [0.25, 0.3) is 0 Å². The van der Waals surface area contributed by atoms with E-state index in [4.69, 9.17) is 4.42 Å². The van der Waals surface area contributed by atoms with Gasteiger partial charge in [-0.15, -0.1) is 0 Å². The fraction of sp³-hybridized carbons (Fsp3) is 0.667. The van der Waals surface area contributed by atoms with Gasteiger partial charge in [-0.25, -0.2) is 4.79 Å². The van der Waals surface area contributed by atoms with Crippen LogP contribution in [-0.4, -0.2) is 30.3 Å². The maximum Gasteiger partial charge on any atom is 0.341 e. The first kappa shape index (κ1) is 15.1. The summed E-state index contributed by atoms with van der Waals surface area (Å²) in [7, 11) is 1.34. The second-order valence-electron chi connectivity index (χ2n) is 5.80. The topological polar surface area (TPSA) is 71.7 Å². The van der Waals surface area contributed by atoms with Gasteiger partial charge in [0.1, 0.15) is 12.0 Å². The number of hydrogen-bond acceptors (Lipinski definition) is 5. The fourth-order valence-corrected chi connectivity index (χ4v) is 2.59. The van der Waals surface area contributed by atoms with Gasteiger partial charge in [0.25, 0.3) is 0 Å². The molecule has 0 amide bonds. The summed E-state index contributed by atoms with van der Waals surface area (Å²) in [6.45, 7) is 3.27. The first-order chi connectivity index (χ1) is 9.52. The van der Waals surface area contributed by atoms with E-state index < -0.39 is 11.6 Å². The molecule has 0 spiro atoms. The fourth-order valence-electron chi connectivity index (χ4n) is 2.59. The minimum atomic E-state index is -0.607. The molecule has 1 aromatic rings. The predicted octanol–water partition coefficient (Wildman–Crippen LogP) is 2.10. The molecule has 1 aliphatic rings. The SMILES string of the molecule is COC(=O)c1coc(CNCC2(O)CCC(C)CC2)c1. The van der Waals surface area contributed by atoms with Crippen molar-refractivity contribution in [3.63, 3.8) is 0 Å². The zero-order valence-electron chi connectivity index (χ0n) is 12.1. The standard InChI is InChI=1S/C15H23NO4/c1-11-3-5-15(18,6-4-11)10-16-8-13-7-12(9-20-13)14(17)19-2/h7,9,11,16,18H,3-6,8,10H2,1-2H3. The second kappa shape index (κ2) is 6.41. The van der Waals surface area contributed by atoms with Crippen molar-refractivity contribution in [2.24, 2.45) is 5.92 Å². The monoisotopic (exact) mass is 281 g/mol. The molecule has 1 saturated carbocycles. The highest BCUT2D eigenvalue weighted by molar-refractivity contribution is 5.88. The van der Waals surface area contributed by atoms with Gasteiger partial charge in [0.15, 0.2) is 0 Å². The van der Waals surface area contributed by atoms with Crippen molar-refractivity contribution in [3.05, 3.63) is 23.7 Å². The third-order valence-electron chi connectivity index (χ3n) is 4.03. The van der Waals surface area contributed by atoms with Crippen molar-refractivity contribution in [1.82, 2.24) is 5.32 Å². The number of hydrogen-bond donors (Lipinski definition) is 2. The molecule has 0 aromatic carbocycles. The summed E-state index contributed by atoms with van der Waals surface area (Å²) in [5, 5.41) is 13.6. The summed E-state index contributed by atoms with van der Waals surface area (Å²) in [6, 6.07) is 1.66. The third-order valence-corrected chi connectivity index (χ3v) is 4.03. The molecule has 0 saturated heterocycles. The van der Waals surface area contributed by atoms with E-state index in [1.54, 1.807) is 6.07 Å². The second-order valence-corrected chi connectivity index (χ2v) is 5.80. The largest absolute Gasteiger partial charge is 0.467 e. The van der Waals surface area contributed by atoms with E-state index in [1.165, 1.54) is 13.4 Å². The summed E-state index contributed by atoms with van der Waals surface area (Å²) in [5.74, 6) is 0.973. The first-order valence-electron chi connectivity index (χ1n) is 7.11. The Kier molecular flexibility index (Phi) is 4.83. The lowest BCUT2D eigenvalue weighted by atomic mass is 9.79. The van der Waals surface area contributed by atoms with Crippen molar-refractivity contribution in [2.75, 3.05) is 13.7 Å². The van der Waals surface area contributed by atoms with Gasteiger partial charge in [0, 0.05) is 6.54 Å². The molecule has 0 radical (unpaired) electrons. The molecule has 0 unspecified atom stereocenters. The number of esters is 1. The number of furan rings is 1. The average molecular weight is 281 g/mol. The highest BCUT2D eigenvalue weighted by Crippen LogP contribution is 2.31. The molecule has 2 rings (SSSR count). The molecule has 1 heterocycles. The van der Waals surface area contributed by atoms with Gasteiger partial charge in [0.05, 0.1) is 24.8 Å². The molecule has 5 nitrogen and oxygen atoms in total. The number of ether oxygens (including phenoxy) is 1. The Bertz CT molecular complexity index is 446. The van der Waals surface area contributed by atoms with Crippen LogP contribution < -0.4 is 5.32 Å². The summed E-state index contributed by atoms with van der Waals surface area (Å²) < 4.78 is 9.90. The number of aliphatic hydroxyl groups is 1. The van der Waals surface area contributed by atoms with Crippen molar-refractivity contribution in [1.29, 1.82) is 0 Å². The summed E-state index contributed by atoms with van der Waals surface area (Å²) in [6.07, 6.45) is 5.22. The lowest BCUT2D eigenvalue weighted by Crippen LogP contribution is -2.43. The number of carbonyl (C=O) groups is 1. The van der Waals surface area contributed by atoms with Gasteiger partial charge in [-0.05, 0) is 37.7 Å². The number of carbonyl (C=O) groups excluding carboxylic acids is 1. The van der Waals surface area contributed by atoms with E-state index in [0.29, 0.717) is 30.3 Å². The molecule has 112 valence electrons. The molecule has 20 heavy (non-hydrogen) atoms. The van der Waals surface area contributed by atoms with Gasteiger partial charge in [0.2, 0.25) is 0 Å². The molecule has 1 aromatic heterocycles. The van der Waals surface area contributed by atoms with E-state index in [-0.39, 0.29) is 0 Å². The normalized spacial score (nSPS) is 26.4. The van der Waals surface area contributed by atoms with Crippen LogP contribution in [0, 0.1) is 5.92 Å². The molecule has 0 aliphatic heterocycles. The average Bonchev–Trinajstić information content (AvgIpc) is 2.90. The Labute approximate surface area is 119 Å². The minimum Gasteiger partial charge on any atom is -0.467 e. The van der Waals surface area contributed by atoms with Gasteiger partial charge in [-0.3, -0.25) is 0 Å². The summed E-state index contributed by atoms with van der Waals surface area (Å²) in [5.41, 5.74) is -0.195. The minimum absolute atomic E-state index is 0.403. The van der Waals surface area contributed by atoms with E-state index in [2.05, 4.69) is 17.0 Å². The van der Waals surface area contributed by atoms with E-state index in [9.17, 15) is 9.90 Å². The van der Waals surface area contributed by atoms with Gasteiger partial charge in [-0.1, -0.05) is 6.92 Å². The van der Waals surface area contributed by atoms with Crippen LogP contribution in [0.4, 0.5) is 0 Å². The lowest BCUT2D eigenvalue weighted by Gasteiger charge is -2.35. The molecular formula is C15H23NO4. The van der Waals surface area contributed by atoms with Crippen LogP contribution in [0.3, 0.4) is 0 Å². The van der Waals surface area contributed by atoms with Gasteiger partial charge >= 0.3 is 5.97 Å². The van der Waals surface area contributed by atoms with E-state index in [1.807, 2.05) is 0 Å². The maximum atomic E-state index is 11.3. The van der Waals surface area contributed by atoms with Gasteiger partial charge < -0.3 is 19.6 Å². The third kappa shape index (κ3) is 3.84. The molecule has 1 fully saturated rings. The molecule has 5 heteroatoms. The number of nitrogens with one attached hydrogen (secondary N) is 1. The zero-order valence-corrected chi connectivity index (χ0v) is 12.1. The Balaban J connectivity index is 1.78. The van der Waals surface area contributed by atoms with Crippen molar-refractivity contribution in [3.8, 4) is 0 Å². The Morgan fingerprint density at radius 2 is 2.25 bits per heavy atom. The van der Waals surface area contributed by atoms with E-state index >= 15 is 0 Å². The Morgan fingerprint density at radius 3 is 2.90 bits per heavy atom. The molecule has 1 aliphatic carbocycles. The first-order valence-corrected chi connectivity index (χ1v) is 7.11. The van der Waals surface area contributed by atoms with Crippen LogP contribution in [0.1, 0.15) is 48.7 Å². The molecule has 2 N–H and O–H groups in total. The quantitative estimate of drug-likeness (QED) is 0.809. The summed E-state index contributed by atoms with van der Waals surface area (Å²) in [4.78, 5) is 11.3. The maximum absolute atomic E-state index is 11.3. The lowest BCUT2D eigenvalue weighted by molar-refractivity contribution is -0.00657. The van der Waals surface area contributed by atoms with Gasteiger partial charge in [-0.2, -0.15) is 0 Å². The molecule has 0 atom stereocenters. The highest BCUT2D eigenvalue weighted by Gasteiger charge is 2.31. The van der Waals surface area contributed by atoms with Crippen LogP contribution in [0.5, 0.6) is 0 Å². The Hall–Kier alpha value is -1.33. The molecular weight excluding hydrogens is 258 g/mol. The van der Waals surface area contributed by atoms with Crippen molar-refractivity contribution < 1.29 is 19.1 Å². The molecule has 0 bridgehead atoms. The smallest absolute Gasteiger partial charge is 0.341 e. The van der Waals surface area contributed by atoms with Crippen LogP contribution in [0.15, 0.2) is 16.7 Å². The van der Waals surface area contributed by atoms with Crippen LogP contribution >= 0.6 is 0 Å². The van der Waals surface area contributed by atoms with Crippen LogP contribution in [0.2, 0.25) is 0 Å². The zero-order chi connectivity index (χ0) is 14.6. The predicted molar refractivity (Wildman–Crippen MR) is 74.3 cm³/mol. The van der Waals surface area contributed by atoms with Crippen molar-refractivity contribution in [2.45, 2.75) is 44.8 Å². The van der Waals surface area contributed by atoms with E-state index in [0.717, 1.165) is 25.7 Å². The van der Waals surface area contributed by atoms with Crippen molar-refractivity contribution >= 4 is 5.97 Å². The summed E-state index contributed by atoms with van der Waals surface area (Å²) >= 11 is 0. The number of methoxy groups -OCH3 is 1.